The summed E-state index contributed by atoms with van der Waals surface area (Å²) >= 11 is 0. The molecule has 2 N–H and O–H groups in total. The molecule has 0 unspecified atom stereocenters. The van der Waals surface area contributed by atoms with Crippen LogP contribution in [0.15, 0.2) is 47.6 Å². The van der Waals surface area contributed by atoms with E-state index in [2.05, 4.69) is 15.8 Å². The number of nitro groups is 1. The molecular formula is C20H21N5O4. The average Bonchev–Trinajstić information content (AvgIpc) is 3.22. The first-order valence-electron chi connectivity index (χ1n) is 9.18. The van der Waals surface area contributed by atoms with E-state index >= 15 is 0 Å². The predicted molar refractivity (Wildman–Crippen MR) is 110 cm³/mol. The molecule has 0 aromatic heterocycles. The van der Waals surface area contributed by atoms with Crippen LogP contribution >= 0.6 is 0 Å². The molecule has 0 saturated carbocycles. The number of hydrogen-bond donors (Lipinski definition) is 2. The number of anilines is 2. The Labute approximate surface area is 167 Å². The first kappa shape index (κ1) is 20.0. The molecule has 3 rings (SSSR count). The van der Waals surface area contributed by atoms with E-state index in [9.17, 15) is 19.7 Å². The summed E-state index contributed by atoms with van der Waals surface area (Å²) in [5.41, 5.74) is 4.33. The highest BCUT2D eigenvalue weighted by Crippen LogP contribution is 2.31. The highest BCUT2D eigenvalue weighted by molar-refractivity contribution is 5.97. The Kier molecular flexibility index (Phi) is 6.18. The molecule has 1 heterocycles. The summed E-state index contributed by atoms with van der Waals surface area (Å²) in [6, 6.07) is 11.3. The summed E-state index contributed by atoms with van der Waals surface area (Å²) < 4.78 is 0. The predicted octanol–water partition coefficient (Wildman–Crippen LogP) is 2.92. The maximum absolute atomic E-state index is 12.2. The van der Waals surface area contributed by atoms with Gasteiger partial charge in [-0.25, -0.2) is 5.43 Å². The fourth-order valence-corrected chi connectivity index (χ4v) is 3.16. The topological polar surface area (TPSA) is 117 Å². The molecule has 1 saturated heterocycles. The smallest absolute Gasteiger partial charge is 0.293 e. The van der Waals surface area contributed by atoms with Crippen molar-refractivity contribution in [1.29, 1.82) is 0 Å². The lowest BCUT2D eigenvalue weighted by Gasteiger charge is -2.17. The van der Waals surface area contributed by atoms with Crippen LogP contribution in [0.3, 0.4) is 0 Å². The van der Waals surface area contributed by atoms with Crippen molar-refractivity contribution in [3.8, 4) is 0 Å². The second-order valence-corrected chi connectivity index (χ2v) is 6.66. The van der Waals surface area contributed by atoms with E-state index in [1.165, 1.54) is 25.3 Å². The standard InChI is InChI=1S/C20H21N5O4/c1-14(26)22-17-6-4-5-16(12-17)20(27)23-21-13-15-7-8-18(19(11-15)25(28)29)24-9-2-3-10-24/h4-8,11-13H,2-3,9-10H2,1H3,(H,22,26)(H,23,27). The van der Waals surface area contributed by atoms with Gasteiger partial charge in [0, 0.05) is 42.9 Å². The average molecular weight is 395 g/mol. The van der Waals surface area contributed by atoms with Gasteiger partial charge in [-0.1, -0.05) is 12.1 Å². The Morgan fingerprint density at radius 1 is 1.17 bits per heavy atom. The highest BCUT2D eigenvalue weighted by Gasteiger charge is 2.22. The van der Waals surface area contributed by atoms with Gasteiger partial charge < -0.3 is 10.2 Å². The minimum atomic E-state index is -0.461. The third-order valence-corrected chi connectivity index (χ3v) is 4.47. The molecule has 2 aromatic carbocycles. The molecule has 0 aliphatic carbocycles. The Morgan fingerprint density at radius 2 is 1.93 bits per heavy atom. The van der Waals surface area contributed by atoms with Crippen LogP contribution in [0, 0.1) is 10.1 Å². The summed E-state index contributed by atoms with van der Waals surface area (Å²) in [4.78, 5) is 36.4. The van der Waals surface area contributed by atoms with Crippen molar-refractivity contribution in [2.75, 3.05) is 23.3 Å². The summed E-state index contributed by atoms with van der Waals surface area (Å²) in [6.07, 6.45) is 3.40. The molecule has 9 nitrogen and oxygen atoms in total. The van der Waals surface area contributed by atoms with Crippen LogP contribution in [0.25, 0.3) is 0 Å². The van der Waals surface area contributed by atoms with Gasteiger partial charge >= 0.3 is 0 Å². The number of nitrogens with one attached hydrogen (secondary N) is 2. The zero-order valence-corrected chi connectivity index (χ0v) is 15.9. The van der Waals surface area contributed by atoms with Crippen LogP contribution in [0.1, 0.15) is 35.7 Å². The maximum atomic E-state index is 12.2. The van der Waals surface area contributed by atoms with Crippen molar-refractivity contribution in [2.45, 2.75) is 19.8 Å². The molecule has 2 aromatic rings. The fourth-order valence-electron chi connectivity index (χ4n) is 3.16. The number of amides is 2. The van der Waals surface area contributed by atoms with Crippen molar-refractivity contribution in [3.63, 3.8) is 0 Å². The number of carbonyl (C=O) groups excluding carboxylic acids is 2. The minimum absolute atomic E-state index is 0.0187. The first-order chi connectivity index (χ1) is 13.9. The van der Waals surface area contributed by atoms with Gasteiger partial charge in [0.2, 0.25) is 5.91 Å². The van der Waals surface area contributed by atoms with Crippen LogP contribution in [0.2, 0.25) is 0 Å². The van der Waals surface area contributed by atoms with E-state index < -0.39 is 10.8 Å². The summed E-state index contributed by atoms with van der Waals surface area (Å²) in [5, 5.41) is 17.9. The Balaban J connectivity index is 1.70. The van der Waals surface area contributed by atoms with Gasteiger partial charge in [0.25, 0.3) is 11.6 Å². The molecular weight excluding hydrogens is 374 g/mol. The largest absolute Gasteiger partial charge is 0.366 e. The number of benzene rings is 2. The zero-order chi connectivity index (χ0) is 20.8. The second-order valence-electron chi connectivity index (χ2n) is 6.66. The first-order valence-corrected chi connectivity index (χ1v) is 9.18. The van der Waals surface area contributed by atoms with Crippen LogP contribution < -0.4 is 15.6 Å². The lowest BCUT2D eigenvalue weighted by molar-refractivity contribution is -0.384. The third kappa shape index (κ3) is 5.16. The maximum Gasteiger partial charge on any atom is 0.293 e. The number of nitrogens with zero attached hydrogens (tertiary/aromatic N) is 3. The number of rotatable bonds is 6. The van der Waals surface area contributed by atoms with E-state index in [0.29, 0.717) is 22.5 Å². The third-order valence-electron chi connectivity index (χ3n) is 4.47. The molecule has 0 spiro atoms. The quantitative estimate of drug-likeness (QED) is 0.443. The molecule has 1 fully saturated rings. The van der Waals surface area contributed by atoms with Gasteiger partial charge in [-0.2, -0.15) is 5.10 Å². The van der Waals surface area contributed by atoms with Gasteiger partial charge in [0.15, 0.2) is 0 Å². The van der Waals surface area contributed by atoms with Crippen LogP contribution in [0.4, 0.5) is 17.1 Å². The van der Waals surface area contributed by atoms with Crippen molar-refractivity contribution in [3.05, 3.63) is 63.7 Å². The van der Waals surface area contributed by atoms with E-state index in [4.69, 9.17) is 0 Å². The highest BCUT2D eigenvalue weighted by atomic mass is 16.6. The minimum Gasteiger partial charge on any atom is -0.366 e. The lowest BCUT2D eigenvalue weighted by Crippen LogP contribution is -2.19. The van der Waals surface area contributed by atoms with E-state index in [1.54, 1.807) is 30.3 Å². The Morgan fingerprint density at radius 3 is 2.62 bits per heavy atom. The van der Waals surface area contributed by atoms with Crippen molar-refractivity contribution >= 4 is 35.1 Å². The number of hydrogen-bond acceptors (Lipinski definition) is 6. The molecule has 2 amide bonds. The molecule has 9 heteroatoms. The molecule has 29 heavy (non-hydrogen) atoms. The Bertz CT molecular complexity index is 967. The zero-order valence-electron chi connectivity index (χ0n) is 15.9. The molecule has 0 atom stereocenters. The van der Waals surface area contributed by atoms with Crippen LogP contribution in [-0.4, -0.2) is 36.0 Å². The van der Waals surface area contributed by atoms with Crippen LogP contribution in [-0.2, 0) is 4.79 Å². The van der Waals surface area contributed by atoms with Gasteiger partial charge in [-0.15, -0.1) is 0 Å². The summed E-state index contributed by atoms with van der Waals surface area (Å²) in [5.74, 6) is -0.698. The molecule has 1 aliphatic rings. The molecule has 150 valence electrons. The van der Waals surface area contributed by atoms with Gasteiger partial charge in [0.1, 0.15) is 5.69 Å². The number of nitro benzene ring substituents is 1. The second kappa shape index (κ2) is 8.96. The van der Waals surface area contributed by atoms with E-state index in [0.717, 1.165) is 25.9 Å². The summed E-state index contributed by atoms with van der Waals surface area (Å²) in [6.45, 7) is 3.00. The van der Waals surface area contributed by atoms with Gasteiger partial charge in [0.05, 0.1) is 11.1 Å². The number of hydrazone groups is 1. The normalized spacial score (nSPS) is 13.5. The van der Waals surface area contributed by atoms with Crippen molar-refractivity contribution in [2.24, 2.45) is 5.10 Å². The van der Waals surface area contributed by atoms with Gasteiger partial charge in [-0.3, -0.25) is 19.7 Å². The molecule has 0 radical (unpaired) electrons. The van der Waals surface area contributed by atoms with Crippen molar-refractivity contribution in [1.82, 2.24) is 5.43 Å². The van der Waals surface area contributed by atoms with E-state index in [1.807, 2.05) is 4.90 Å². The molecule has 1 aliphatic heterocycles. The monoisotopic (exact) mass is 395 g/mol. The number of carbonyl (C=O) groups is 2. The molecule has 0 bridgehead atoms. The SMILES string of the molecule is CC(=O)Nc1cccc(C(=O)NN=Cc2ccc(N3CCCC3)c([N+](=O)[O-])c2)c1. The van der Waals surface area contributed by atoms with Crippen molar-refractivity contribution < 1.29 is 14.5 Å². The Hall–Kier alpha value is -3.75. The van der Waals surface area contributed by atoms with Gasteiger partial charge in [-0.05, 0) is 37.1 Å². The lowest BCUT2D eigenvalue weighted by atomic mass is 10.1. The van der Waals surface area contributed by atoms with E-state index in [-0.39, 0.29) is 11.6 Å². The van der Waals surface area contributed by atoms with Crippen LogP contribution in [0.5, 0.6) is 0 Å². The fraction of sp³-hybridized carbons (Fsp3) is 0.250. The summed E-state index contributed by atoms with van der Waals surface area (Å²) in [7, 11) is 0.